The smallest absolute Gasteiger partial charge is 0.305 e. The fourth-order valence-electron chi connectivity index (χ4n) is 2.93. The molecule has 1 fully saturated rings. The fraction of sp³-hybridized carbons (Fsp3) is 0.533. The zero-order valence-electron chi connectivity index (χ0n) is 11.8. The van der Waals surface area contributed by atoms with Crippen LogP contribution in [0.3, 0.4) is 0 Å². The van der Waals surface area contributed by atoms with Gasteiger partial charge in [-0.15, -0.1) is 0 Å². The van der Waals surface area contributed by atoms with Crippen molar-refractivity contribution in [3.05, 3.63) is 22.9 Å². The van der Waals surface area contributed by atoms with E-state index < -0.39 is 11.9 Å². The number of hydrogen-bond acceptors (Lipinski definition) is 4. The van der Waals surface area contributed by atoms with Gasteiger partial charge in [0.1, 0.15) is 5.82 Å². The molecule has 1 aromatic heterocycles. The minimum absolute atomic E-state index is 0.0352. The molecule has 0 aromatic carbocycles. The van der Waals surface area contributed by atoms with E-state index in [0.717, 1.165) is 43.4 Å². The molecule has 1 amide bonds. The first-order valence-electron chi connectivity index (χ1n) is 7.37. The lowest BCUT2D eigenvalue weighted by Crippen LogP contribution is -2.32. The zero-order chi connectivity index (χ0) is 15.0. The molecular formula is C15H19N3O3. The first kappa shape index (κ1) is 13.9. The largest absolute Gasteiger partial charge is 0.481 e. The van der Waals surface area contributed by atoms with E-state index in [1.54, 1.807) is 0 Å². The first-order chi connectivity index (χ1) is 10.1. The molecule has 21 heavy (non-hydrogen) atoms. The molecule has 3 rings (SSSR count). The van der Waals surface area contributed by atoms with E-state index in [2.05, 4.69) is 4.98 Å². The van der Waals surface area contributed by atoms with Gasteiger partial charge < -0.3 is 15.7 Å². The van der Waals surface area contributed by atoms with E-state index in [4.69, 9.17) is 10.8 Å². The summed E-state index contributed by atoms with van der Waals surface area (Å²) in [7, 11) is 0. The molecule has 0 spiro atoms. The highest BCUT2D eigenvalue weighted by Crippen LogP contribution is 2.34. The molecule has 112 valence electrons. The van der Waals surface area contributed by atoms with Crippen LogP contribution in [0.15, 0.2) is 6.07 Å². The Balaban J connectivity index is 1.97. The molecular weight excluding hydrogens is 270 g/mol. The van der Waals surface area contributed by atoms with Crippen molar-refractivity contribution in [1.29, 1.82) is 0 Å². The summed E-state index contributed by atoms with van der Waals surface area (Å²) < 4.78 is 0. The van der Waals surface area contributed by atoms with Crippen LogP contribution in [0.2, 0.25) is 0 Å². The number of nitrogens with zero attached hydrogens (tertiary/aromatic N) is 2. The molecule has 0 saturated heterocycles. The summed E-state index contributed by atoms with van der Waals surface area (Å²) in [4.78, 5) is 29.2. The van der Waals surface area contributed by atoms with Gasteiger partial charge in [-0.1, -0.05) is 0 Å². The SMILES string of the molecule is NC(=O)c1cc2c(nc1N(CCC(=O)O)C1CC1)CCC2. The highest BCUT2D eigenvalue weighted by molar-refractivity contribution is 5.98. The van der Waals surface area contributed by atoms with E-state index in [1.807, 2.05) is 11.0 Å². The number of fused-ring (bicyclic) bond motifs is 1. The van der Waals surface area contributed by atoms with Crippen LogP contribution in [0.25, 0.3) is 0 Å². The lowest BCUT2D eigenvalue weighted by atomic mass is 10.1. The number of primary amides is 1. The van der Waals surface area contributed by atoms with Crippen molar-refractivity contribution >= 4 is 17.7 Å². The van der Waals surface area contributed by atoms with Gasteiger partial charge in [0.25, 0.3) is 5.91 Å². The number of carbonyl (C=O) groups is 2. The number of hydrogen-bond donors (Lipinski definition) is 2. The Bertz CT molecular complexity index is 596. The minimum Gasteiger partial charge on any atom is -0.481 e. The van der Waals surface area contributed by atoms with E-state index in [1.165, 1.54) is 0 Å². The maximum absolute atomic E-state index is 11.7. The topological polar surface area (TPSA) is 96.5 Å². The molecule has 0 unspecified atom stereocenters. The maximum Gasteiger partial charge on any atom is 0.305 e. The summed E-state index contributed by atoms with van der Waals surface area (Å²) >= 11 is 0. The Kier molecular flexibility index (Phi) is 3.53. The molecule has 1 aromatic rings. The van der Waals surface area contributed by atoms with Crippen LogP contribution in [-0.2, 0) is 17.6 Å². The van der Waals surface area contributed by atoms with E-state index in [9.17, 15) is 9.59 Å². The van der Waals surface area contributed by atoms with E-state index in [-0.39, 0.29) is 12.5 Å². The van der Waals surface area contributed by atoms with Gasteiger partial charge in [0.15, 0.2) is 0 Å². The number of aromatic nitrogens is 1. The van der Waals surface area contributed by atoms with Crippen molar-refractivity contribution in [3.8, 4) is 0 Å². The van der Waals surface area contributed by atoms with Crippen LogP contribution in [0.5, 0.6) is 0 Å². The highest BCUT2D eigenvalue weighted by Gasteiger charge is 2.33. The average molecular weight is 289 g/mol. The number of amides is 1. The van der Waals surface area contributed by atoms with Crippen LogP contribution < -0.4 is 10.6 Å². The summed E-state index contributed by atoms with van der Waals surface area (Å²) in [5, 5.41) is 8.91. The monoisotopic (exact) mass is 289 g/mol. The second kappa shape index (κ2) is 5.35. The standard InChI is InChI=1S/C15H19N3O3/c16-14(21)11-8-9-2-1-3-12(9)17-15(11)18(10-4-5-10)7-6-13(19)20/h8,10H,1-7H2,(H2,16,21)(H,19,20). The summed E-state index contributed by atoms with van der Waals surface area (Å²) in [6, 6.07) is 2.14. The van der Waals surface area contributed by atoms with E-state index >= 15 is 0 Å². The Morgan fingerprint density at radius 1 is 1.38 bits per heavy atom. The molecule has 1 saturated carbocycles. The lowest BCUT2D eigenvalue weighted by molar-refractivity contribution is -0.136. The van der Waals surface area contributed by atoms with Crippen LogP contribution >= 0.6 is 0 Å². The van der Waals surface area contributed by atoms with Gasteiger partial charge in [-0.05, 0) is 43.7 Å². The van der Waals surface area contributed by atoms with Crippen molar-refractivity contribution in [1.82, 2.24) is 4.98 Å². The fourth-order valence-corrected chi connectivity index (χ4v) is 2.93. The highest BCUT2D eigenvalue weighted by atomic mass is 16.4. The number of carbonyl (C=O) groups excluding carboxylic acids is 1. The Morgan fingerprint density at radius 2 is 2.14 bits per heavy atom. The normalized spacial score (nSPS) is 16.6. The molecule has 0 aliphatic heterocycles. The van der Waals surface area contributed by atoms with Gasteiger partial charge >= 0.3 is 5.97 Å². The van der Waals surface area contributed by atoms with Crippen molar-refractivity contribution in [2.24, 2.45) is 5.73 Å². The molecule has 0 bridgehead atoms. The lowest BCUT2D eigenvalue weighted by Gasteiger charge is -2.25. The van der Waals surface area contributed by atoms with Gasteiger partial charge in [0.05, 0.1) is 12.0 Å². The number of pyridine rings is 1. The third kappa shape index (κ3) is 2.84. The molecule has 0 radical (unpaired) electrons. The van der Waals surface area contributed by atoms with Gasteiger partial charge in [0, 0.05) is 18.3 Å². The van der Waals surface area contributed by atoms with Gasteiger partial charge in [0.2, 0.25) is 0 Å². The second-order valence-electron chi connectivity index (χ2n) is 5.75. The summed E-state index contributed by atoms with van der Waals surface area (Å²) in [5.41, 5.74) is 8.05. The number of aryl methyl sites for hydroxylation is 2. The molecule has 0 atom stereocenters. The second-order valence-corrected chi connectivity index (χ2v) is 5.75. The molecule has 2 aliphatic carbocycles. The van der Waals surface area contributed by atoms with Crippen LogP contribution in [0, 0.1) is 0 Å². The van der Waals surface area contributed by atoms with Gasteiger partial charge in [-0.25, -0.2) is 4.98 Å². The summed E-state index contributed by atoms with van der Waals surface area (Å²) in [6.45, 7) is 0.367. The van der Waals surface area contributed by atoms with Gasteiger partial charge in [-0.3, -0.25) is 9.59 Å². The summed E-state index contributed by atoms with van der Waals surface area (Å²) in [6.07, 6.45) is 4.95. The third-order valence-electron chi connectivity index (χ3n) is 4.12. The summed E-state index contributed by atoms with van der Waals surface area (Å²) in [5.74, 6) is -0.762. The molecule has 3 N–H and O–H groups in total. The van der Waals surface area contributed by atoms with Crippen molar-refractivity contribution in [3.63, 3.8) is 0 Å². The predicted octanol–water partition coefficient (Wildman–Crippen LogP) is 1.11. The van der Waals surface area contributed by atoms with Crippen molar-refractivity contribution < 1.29 is 14.7 Å². The van der Waals surface area contributed by atoms with Crippen molar-refractivity contribution in [2.75, 3.05) is 11.4 Å². The maximum atomic E-state index is 11.7. The molecule has 6 heteroatoms. The van der Waals surface area contributed by atoms with Crippen molar-refractivity contribution in [2.45, 2.75) is 44.6 Å². The average Bonchev–Trinajstić information content (AvgIpc) is 3.15. The van der Waals surface area contributed by atoms with Gasteiger partial charge in [-0.2, -0.15) is 0 Å². The molecule has 1 heterocycles. The predicted molar refractivity (Wildman–Crippen MR) is 77.4 cm³/mol. The van der Waals surface area contributed by atoms with Crippen LogP contribution in [0.4, 0.5) is 5.82 Å². The number of aliphatic carboxylic acids is 1. The molecule has 2 aliphatic rings. The first-order valence-corrected chi connectivity index (χ1v) is 7.37. The number of nitrogens with two attached hydrogens (primary N) is 1. The van der Waals surface area contributed by atoms with Crippen LogP contribution in [-0.4, -0.2) is 34.6 Å². The Morgan fingerprint density at radius 3 is 2.76 bits per heavy atom. The quantitative estimate of drug-likeness (QED) is 0.817. The Labute approximate surface area is 123 Å². The zero-order valence-corrected chi connectivity index (χ0v) is 11.8. The number of carboxylic acids is 1. The minimum atomic E-state index is -0.845. The number of carboxylic acid groups (broad SMARTS) is 1. The molecule has 6 nitrogen and oxygen atoms in total. The number of anilines is 1. The van der Waals surface area contributed by atoms with Crippen LogP contribution in [0.1, 0.15) is 47.3 Å². The number of rotatable bonds is 6. The van der Waals surface area contributed by atoms with E-state index in [0.29, 0.717) is 17.9 Å². The Hall–Kier alpha value is -2.11. The third-order valence-corrected chi connectivity index (χ3v) is 4.12.